The zero-order chi connectivity index (χ0) is 25.8. The van der Waals surface area contributed by atoms with Crippen LogP contribution in [-0.2, 0) is 0 Å². The maximum atomic E-state index is 4.99. The Morgan fingerprint density at radius 3 is 2.44 bits per heavy atom. The van der Waals surface area contributed by atoms with Gasteiger partial charge in [-0.05, 0) is 29.8 Å². The summed E-state index contributed by atoms with van der Waals surface area (Å²) in [5.74, 6) is 7.63. The van der Waals surface area contributed by atoms with Gasteiger partial charge in [0.15, 0.2) is 0 Å². The van der Waals surface area contributed by atoms with Crippen molar-refractivity contribution in [3.63, 3.8) is 0 Å². The molecule has 0 radical (unpaired) electrons. The Kier molecular flexibility index (Phi) is 4.77. The van der Waals surface area contributed by atoms with Gasteiger partial charge in [0.05, 0.1) is 28.2 Å². The second kappa shape index (κ2) is 8.58. The van der Waals surface area contributed by atoms with E-state index in [2.05, 4.69) is 101 Å². The highest BCUT2D eigenvalue weighted by atomic mass is 15.2. The molecule has 4 heteroatoms. The number of anilines is 2. The van der Waals surface area contributed by atoms with E-state index in [0.29, 0.717) is 5.95 Å². The van der Waals surface area contributed by atoms with Gasteiger partial charge in [-0.1, -0.05) is 109 Å². The zero-order valence-electron chi connectivity index (χ0n) is 21.0. The summed E-state index contributed by atoms with van der Waals surface area (Å²) in [6, 6.07) is 35.3. The van der Waals surface area contributed by atoms with Crippen molar-refractivity contribution in [3.8, 4) is 23.1 Å². The van der Waals surface area contributed by atoms with Crippen molar-refractivity contribution in [1.82, 2.24) is 14.9 Å². The SMILES string of the molecule is C1#CC2c3ccccc3C3=CC=CC(=C1c1ccccc1Nc1nc(-c4ccccc4)c4ccccc4n1)N32. The van der Waals surface area contributed by atoms with Crippen molar-refractivity contribution in [3.05, 3.63) is 144 Å². The van der Waals surface area contributed by atoms with Gasteiger partial charge >= 0.3 is 0 Å². The fourth-order valence-electron chi connectivity index (χ4n) is 5.76. The molecule has 4 heterocycles. The number of allylic oxidation sites excluding steroid dienone is 4. The normalized spacial score (nSPS) is 16.4. The minimum absolute atomic E-state index is 0.0357. The Morgan fingerprint density at radius 2 is 1.51 bits per heavy atom. The van der Waals surface area contributed by atoms with Gasteiger partial charge in [-0.3, -0.25) is 0 Å². The summed E-state index contributed by atoms with van der Waals surface area (Å²) >= 11 is 0. The molecule has 1 atom stereocenters. The van der Waals surface area contributed by atoms with E-state index >= 15 is 0 Å². The van der Waals surface area contributed by atoms with E-state index in [1.54, 1.807) is 0 Å². The topological polar surface area (TPSA) is 41.1 Å². The molecule has 1 N–H and O–H groups in total. The van der Waals surface area contributed by atoms with Crippen LogP contribution in [0.1, 0.15) is 22.7 Å². The van der Waals surface area contributed by atoms with Gasteiger partial charge in [0.2, 0.25) is 5.95 Å². The number of nitrogens with one attached hydrogen (secondary N) is 1. The first kappa shape index (κ1) is 21.7. The molecule has 3 aliphatic heterocycles. The van der Waals surface area contributed by atoms with Crippen LogP contribution in [0.3, 0.4) is 0 Å². The van der Waals surface area contributed by atoms with Crippen LogP contribution in [0.5, 0.6) is 0 Å². The first-order valence-electron chi connectivity index (χ1n) is 13.1. The molecule has 39 heavy (non-hydrogen) atoms. The Hall–Kier alpha value is -5.40. The van der Waals surface area contributed by atoms with Gasteiger partial charge in [-0.2, -0.15) is 0 Å². The Morgan fingerprint density at radius 1 is 0.744 bits per heavy atom. The second-order valence-corrected chi connectivity index (χ2v) is 9.75. The number of para-hydroxylation sites is 2. The molecule has 182 valence electrons. The third-order valence-corrected chi connectivity index (χ3v) is 7.50. The lowest BCUT2D eigenvalue weighted by atomic mass is 9.96. The molecule has 5 aromatic rings. The summed E-state index contributed by atoms with van der Waals surface area (Å²) in [5.41, 5.74) is 10.6. The summed E-state index contributed by atoms with van der Waals surface area (Å²) in [5, 5.41) is 4.57. The number of aromatic nitrogens is 2. The number of fused-ring (bicyclic) bond motifs is 4. The van der Waals surface area contributed by atoms with Crippen LogP contribution in [0.25, 0.3) is 33.4 Å². The fourth-order valence-corrected chi connectivity index (χ4v) is 5.76. The fraction of sp³-hybridized carbons (Fsp3) is 0.0286. The van der Waals surface area contributed by atoms with Crippen molar-refractivity contribution < 1.29 is 0 Å². The highest BCUT2D eigenvalue weighted by molar-refractivity contribution is 5.96. The van der Waals surface area contributed by atoms with Crippen LogP contribution in [-0.4, -0.2) is 14.9 Å². The van der Waals surface area contributed by atoms with Crippen LogP contribution in [0.15, 0.2) is 127 Å². The van der Waals surface area contributed by atoms with Crippen LogP contribution >= 0.6 is 0 Å². The molecule has 8 rings (SSSR count). The first-order valence-corrected chi connectivity index (χ1v) is 13.1. The van der Waals surface area contributed by atoms with Gasteiger partial charge in [0.1, 0.15) is 6.04 Å². The third kappa shape index (κ3) is 3.41. The van der Waals surface area contributed by atoms with E-state index in [1.807, 2.05) is 42.5 Å². The van der Waals surface area contributed by atoms with Gasteiger partial charge in [-0.15, -0.1) is 0 Å². The molecule has 0 fully saturated rings. The maximum absolute atomic E-state index is 4.99. The molecule has 4 aromatic carbocycles. The first-order chi connectivity index (χ1) is 19.3. The number of rotatable bonds is 4. The maximum Gasteiger partial charge on any atom is 0.228 e. The molecule has 0 aliphatic carbocycles. The number of hydrogen-bond acceptors (Lipinski definition) is 4. The summed E-state index contributed by atoms with van der Waals surface area (Å²) in [6.45, 7) is 0. The molecular weight excluding hydrogens is 476 g/mol. The lowest BCUT2D eigenvalue weighted by molar-refractivity contribution is 0.470. The molecule has 0 saturated heterocycles. The minimum atomic E-state index is 0.0357. The molecular formula is C35H22N4. The van der Waals surface area contributed by atoms with Crippen molar-refractivity contribution in [1.29, 1.82) is 0 Å². The highest BCUT2D eigenvalue weighted by Crippen LogP contribution is 2.49. The summed E-state index contributed by atoms with van der Waals surface area (Å²) in [4.78, 5) is 12.2. The highest BCUT2D eigenvalue weighted by Gasteiger charge is 2.38. The Labute approximate surface area is 226 Å². The Bertz CT molecular complexity index is 1950. The third-order valence-electron chi connectivity index (χ3n) is 7.50. The van der Waals surface area contributed by atoms with Gasteiger partial charge in [0, 0.05) is 27.8 Å². The van der Waals surface area contributed by atoms with Crippen molar-refractivity contribution in [2.75, 3.05) is 5.32 Å². The van der Waals surface area contributed by atoms with Crippen molar-refractivity contribution in [2.24, 2.45) is 0 Å². The van der Waals surface area contributed by atoms with E-state index in [1.165, 1.54) is 16.8 Å². The number of benzene rings is 4. The Balaban J connectivity index is 1.24. The van der Waals surface area contributed by atoms with E-state index in [4.69, 9.17) is 9.97 Å². The summed E-state index contributed by atoms with van der Waals surface area (Å²) in [6.07, 6.45) is 6.48. The van der Waals surface area contributed by atoms with Crippen LogP contribution in [0, 0.1) is 11.8 Å². The molecule has 1 unspecified atom stereocenters. The van der Waals surface area contributed by atoms with Crippen LogP contribution in [0.2, 0.25) is 0 Å². The lowest BCUT2D eigenvalue weighted by Gasteiger charge is -2.32. The lowest BCUT2D eigenvalue weighted by Crippen LogP contribution is -2.24. The van der Waals surface area contributed by atoms with Crippen LogP contribution in [0.4, 0.5) is 11.6 Å². The molecule has 0 spiro atoms. The van der Waals surface area contributed by atoms with Crippen molar-refractivity contribution in [2.45, 2.75) is 6.04 Å². The smallest absolute Gasteiger partial charge is 0.228 e. The van der Waals surface area contributed by atoms with Crippen LogP contribution < -0.4 is 5.32 Å². The largest absolute Gasteiger partial charge is 0.324 e. The predicted octanol–water partition coefficient (Wildman–Crippen LogP) is 7.74. The monoisotopic (exact) mass is 498 g/mol. The standard InChI is InChI=1S/C35H22N4/c1-2-11-23(12-3-1)34-28-16-7-9-18-30(28)37-35(38-34)36-29-17-8-6-13-24(29)27-21-22-33-26-15-5-4-14-25(26)31-19-10-20-32(27)39(31)33/h1-20,33H,(H,36,37,38). The van der Waals surface area contributed by atoms with E-state index < -0.39 is 0 Å². The van der Waals surface area contributed by atoms with Gasteiger partial charge in [-0.25, -0.2) is 9.97 Å². The summed E-state index contributed by atoms with van der Waals surface area (Å²) < 4.78 is 0. The molecule has 3 aliphatic rings. The quantitative estimate of drug-likeness (QED) is 0.257. The molecule has 4 nitrogen and oxygen atoms in total. The minimum Gasteiger partial charge on any atom is -0.324 e. The zero-order valence-corrected chi connectivity index (χ0v) is 21.0. The molecule has 0 saturated carbocycles. The van der Waals surface area contributed by atoms with E-state index in [9.17, 15) is 0 Å². The van der Waals surface area contributed by atoms with E-state index in [-0.39, 0.29) is 6.04 Å². The molecule has 0 amide bonds. The predicted molar refractivity (Wildman–Crippen MR) is 158 cm³/mol. The number of hydrogen-bond donors (Lipinski definition) is 1. The second-order valence-electron chi connectivity index (χ2n) is 9.75. The van der Waals surface area contributed by atoms with Crippen molar-refractivity contribution >= 4 is 33.8 Å². The average molecular weight is 499 g/mol. The van der Waals surface area contributed by atoms with E-state index in [0.717, 1.165) is 44.7 Å². The van der Waals surface area contributed by atoms with Gasteiger partial charge in [0.25, 0.3) is 0 Å². The number of nitrogens with zero attached hydrogens (tertiary/aromatic N) is 3. The average Bonchev–Trinajstić information content (AvgIpc) is 3.33. The molecule has 0 bridgehead atoms. The summed E-state index contributed by atoms with van der Waals surface area (Å²) in [7, 11) is 0. The van der Waals surface area contributed by atoms with Gasteiger partial charge < -0.3 is 10.2 Å². The molecule has 1 aromatic heterocycles.